The Morgan fingerprint density at radius 3 is 2.77 bits per heavy atom. The van der Waals surface area contributed by atoms with Crippen LogP contribution in [-0.2, 0) is 25.0 Å². The van der Waals surface area contributed by atoms with Crippen LogP contribution in [0.4, 0.5) is 5.69 Å². The second-order valence-corrected chi connectivity index (χ2v) is 7.82. The minimum Gasteiger partial charge on any atom is -0.465 e. The number of aryl methyl sites for hydroxylation is 1. The number of esters is 1. The minimum atomic E-state index is -0.690. The zero-order chi connectivity index (χ0) is 19.3. The average molecular weight is 378 g/mol. The highest BCUT2D eigenvalue weighted by Crippen LogP contribution is 2.20. The molecule has 1 fully saturated rings. The van der Waals surface area contributed by atoms with Gasteiger partial charge in [0.15, 0.2) is 0 Å². The van der Waals surface area contributed by atoms with Gasteiger partial charge < -0.3 is 15.4 Å². The van der Waals surface area contributed by atoms with Crippen LogP contribution in [0.5, 0.6) is 0 Å². The van der Waals surface area contributed by atoms with Gasteiger partial charge >= 0.3 is 5.97 Å². The van der Waals surface area contributed by atoms with Crippen molar-refractivity contribution in [1.29, 1.82) is 0 Å². The Kier molecular flexibility index (Phi) is 6.62. The first-order chi connectivity index (χ1) is 12.3. The van der Waals surface area contributed by atoms with Crippen LogP contribution in [0.1, 0.15) is 36.2 Å². The monoisotopic (exact) mass is 378 g/mol. The van der Waals surface area contributed by atoms with Crippen LogP contribution in [0.2, 0.25) is 0 Å². The van der Waals surface area contributed by atoms with Crippen molar-refractivity contribution in [3.8, 4) is 0 Å². The number of carbonyl (C=O) groups is 3. The van der Waals surface area contributed by atoms with Crippen molar-refractivity contribution >= 4 is 39.9 Å². The SMILES string of the molecule is COC(=O)c1ccc(C)cc1NC(=O)CC1C(=O)NC/S1=N\N=C(C)C. The third kappa shape index (κ3) is 4.98. The van der Waals surface area contributed by atoms with E-state index in [4.69, 9.17) is 4.74 Å². The molecule has 0 aliphatic carbocycles. The summed E-state index contributed by atoms with van der Waals surface area (Å²) in [6, 6.07) is 5.04. The predicted octanol–water partition coefficient (Wildman–Crippen LogP) is 1.76. The first-order valence-corrected chi connectivity index (χ1v) is 9.41. The topological polar surface area (TPSA) is 109 Å². The highest BCUT2D eigenvalue weighted by molar-refractivity contribution is 7.89. The van der Waals surface area contributed by atoms with Gasteiger partial charge in [0.05, 0.1) is 24.2 Å². The van der Waals surface area contributed by atoms with Crippen molar-refractivity contribution in [1.82, 2.24) is 5.32 Å². The van der Waals surface area contributed by atoms with E-state index in [1.54, 1.807) is 18.2 Å². The highest BCUT2D eigenvalue weighted by atomic mass is 32.2. The zero-order valence-electron chi connectivity index (χ0n) is 15.2. The molecule has 1 saturated heterocycles. The molecule has 2 unspecified atom stereocenters. The number of hydrogen-bond acceptors (Lipinski definition) is 5. The molecule has 2 N–H and O–H groups in total. The van der Waals surface area contributed by atoms with Gasteiger partial charge in [-0.15, -0.1) is 4.47 Å². The first kappa shape index (κ1) is 19.8. The Morgan fingerprint density at radius 2 is 2.12 bits per heavy atom. The van der Waals surface area contributed by atoms with Crippen molar-refractivity contribution < 1.29 is 19.1 Å². The summed E-state index contributed by atoms with van der Waals surface area (Å²) >= 11 is 0. The lowest BCUT2D eigenvalue weighted by Gasteiger charge is -2.12. The fraction of sp³-hybridized carbons (Fsp3) is 0.412. The summed E-state index contributed by atoms with van der Waals surface area (Å²) in [5.74, 6) is -0.742. The van der Waals surface area contributed by atoms with Crippen molar-refractivity contribution in [3.05, 3.63) is 29.3 Å². The summed E-state index contributed by atoms with van der Waals surface area (Å²) in [6.07, 6.45) is -0.0364. The molecule has 2 amide bonds. The quantitative estimate of drug-likeness (QED) is 0.462. The van der Waals surface area contributed by atoms with E-state index in [9.17, 15) is 14.4 Å². The van der Waals surface area contributed by atoms with Gasteiger partial charge in [-0.1, -0.05) is 6.07 Å². The summed E-state index contributed by atoms with van der Waals surface area (Å²) in [5.41, 5.74) is 2.29. The molecule has 0 bridgehead atoms. The van der Waals surface area contributed by atoms with Crippen molar-refractivity contribution in [2.45, 2.75) is 32.4 Å². The van der Waals surface area contributed by atoms with E-state index in [1.165, 1.54) is 7.11 Å². The minimum absolute atomic E-state index is 0.0364. The van der Waals surface area contributed by atoms with Gasteiger partial charge in [-0.3, -0.25) is 9.59 Å². The van der Waals surface area contributed by atoms with Gasteiger partial charge in [-0.2, -0.15) is 5.10 Å². The van der Waals surface area contributed by atoms with E-state index in [0.717, 1.165) is 11.3 Å². The molecule has 0 saturated carbocycles. The van der Waals surface area contributed by atoms with Crippen LogP contribution >= 0.6 is 0 Å². The molecule has 8 nitrogen and oxygen atoms in total. The maximum Gasteiger partial charge on any atom is 0.339 e. The smallest absolute Gasteiger partial charge is 0.339 e. The van der Waals surface area contributed by atoms with Gasteiger partial charge in [-0.05, 0) is 49.2 Å². The number of hydrogen-bond donors (Lipinski definition) is 2. The first-order valence-electron chi connectivity index (χ1n) is 8.00. The molecule has 0 radical (unpaired) electrons. The average Bonchev–Trinajstić information content (AvgIpc) is 2.92. The van der Waals surface area contributed by atoms with Gasteiger partial charge in [0.1, 0.15) is 5.25 Å². The van der Waals surface area contributed by atoms with E-state index in [0.29, 0.717) is 11.6 Å². The maximum absolute atomic E-state index is 12.5. The van der Waals surface area contributed by atoms with E-state index in [1.807, 2.05) is 20.8 Å². The largest absolute Gasteiger partial charge is 0.465 e. The molecule has 1 aromatic carbocycles. The number of methoxy groups -OCH3 is 1. The van der Waals surface area contributed by atoms with Crippen molar-refractivity contribution in [2.75, 3.05) is 18.3 Å². The molecule has 1 aliphatic heterocycles. The number of amides is 2. The number of nitrogens with zero attached hydrogens (tertiary/aromatic N) is 2. The molecule has 1 aromatic rings. The second kappa shape index (κ2) is 8.70. The molecular formula is C17H22N4O4S. The molecule has 0 spiro atoms. The molecule has 9 heteroatoms. The third-order valence-corrected chi connectivity index (χ3v) is 5.36. The molecule has 1 aliphatic rings. The molecule has 140 valence electrons. The van der Waals surface area contributed by atoms with E-state index in [2.05, 4.69) is 20.2 Å². The van der Waals surface area contributed by atoms with E-state index < -0.39 is 21.9 Å². The van der Waals surface area contributed by atoms with Crippen molar-refractivity contribution in [2.24, 2.45) is 9.57 Å². The van der Waals surface area contributed by atoms with Gasteiger partial charge in [0.25, 0.3) is 0 Å². The van der Waals surface area contributed by atoms with Crippen LogP contribution in [0.15, 0.2) is 27.8 Å². The Labute approximate surface area is 154 Å². The second-order valence-electron chi connectivity index (χ2n) is 6.00. The number of carbonyl (C=O) groups excluding carboxylic acids is 3. The number of benzene rings is 1. The van der Waals surface area contributed by atoms with Crippen LogP contribution in [0, 0.1) is 6.92 Å². The van der Waals surface area contributed by atoms with Gasteiger partial charge in [-0.25, -0.2) is 4.79 Å². The van der Waals surface area contributed by atoms with Crippen LogP contribution in [0.3, 0.4) is 0 Å². The van der Waals surface area contributed by atoms with Crippen LogP contribution < -0.4 is 10.6 Å². The predicted molar refractivity (Wildman–Crippen MR) is 101 cm³/mol. The fourth-order valence-corrected chi connectivity index (χ4v) is 3.92. The van der Waals surface area contributed by atoms with Gasteiger partial charge in [0.2, 0.25) is 11.8 Å². The third-order valence-electron chi connectivity index (χ3n) is 3.59. The summed E-state index contributed by atoms with van der Waals surface area (Å²) in [7, 11) is 0.588. The number of rotatable bonds is 5. The molecule has 2 atom stereocenters. The molecule has 26 heavy (non-hydrogen) atoms. The lowest BCUT2D eigenvalue weighted by molar-refractivity contribution is -0.123. The highest BCUT2D eigenvalue weighted by Gasteiger charge is 2.32. The summed E-state index contributed by atoms with van der Waals surface area (Å²) in [6.45, 7) is 5.47. The Hall–Kier alpha value is -2.55. The lowest BCUT2D eigenvalue weighted by Crippen LogP contribution is -2.29. The molecule has 1 heterocycles. The molecule has 2 rings (SSSR count). The van der Waals surface area contributed by atoms with Gasteiger partial charge in [0, 0.05) is 12.1 Å². The lowest BCUT2D eigenvalue weighted by atomic mass is 10.1. The zero-order valence-corrected chi connectivity index (χ0v) is 16.0. The fourth-order valence-electron chi connectivity index (χ4n) is 2.31. The van der Waals surface area contributed by atoms with Crippen LogP contribution in [0.25, 0.3) is 0 Å². The number of anilines is 1. The molecule has 0 aromatic heterocycles. The van der Waals surface area contributed by atoms with Crippen LogP contribution in [-0.4, -0.2) is 41.7 Å². The maximum atomic E-state index is 12.5. The Morgan fingerprint density at radius 1 is 1.38 bits per heavy atom. The summed E-state index contributed by atoms with van der Waals surface area (Å²) < 4.78 is 8.90. The Bertz CT molecular complexity index is 800. The number of ether oxygens (including phenoxy) is 1. The van der Waals surface area contributed by atoms with Crippen molar-refractivity contribution in [3.63, 3.8) is 0 Å². The standard InChI is InChI=1S/C17H22N4O4S/c1-10(2)20-21-26-9-18-16(23)14(26)8-15(22)19-13-7-11(3)5-6-12(13)17(24)25-4/h5-7,14H,8-9H2,1-4H3,(H,18,23)(H,19,22). The van der Waals surface area contributed by atoms with E-state index >= 15 is 0 Å². The Balaban J connectivity index is 2.17. The van der Waals surface area contributed by atoms with E-state index in [-0.39, 0.29) is 23.8 Å². The summed E-state index contributed by atoms with van der Waals surface area (Å²) in [5, 5.41) is 8.87. The summed E-state index contributed by atoms with van der Waals surface area (Å²) in [4.78, 5) is 36.3. The normalized spacial score (nSPS) is 19.0. The molecular weight excluding hydrogens is 356 g/mol. The number of nitrogens with one attached hydrogen (secondary N) is 2.